The van der Waals surface area contributed by atoms with Gasteiger partial charge in [0.05, 0.1) is 18.2 Å². The molecule has 0 aromatic heterocycles. The van der Waals surface area contributed by atoms with Crippen molar-refractivity contribution in [2.75, 3.05) is 11.4 Å². The van der Waals surface area contributed by atoms with E-state index in [2.05, 4.69) is 5.32 Å². The fourth-order valence-corrected chi connectivity index (χ4v) is 3.39. The fourth-order valence-electron chi connectivity index (χ4n) is 2.76. The molecule has 2 amide bonds. The van der Waals surface area contributed by atoms with Gasteiger partial charge >= 0.3 is 0 Å². The lowest BCUT2D eigenvalue weighted by Crippen LogP contribution is -2.39. The van der Waals surface area contributed by atoms with Gasteiger partial charge in [0.25, 0.3) is 5.91 Å². The lowest BCUT2D eigenvalue weighted by Gasteiger charge is -2.15. The highest BCUT2D eigenvalue weighted by molar-refractivity contribution is 6.35. The summed E-state index contributed by atoms with van der Waals surface area (Å²) in [6, 6.07) is 11.4. The third-order valence-electron chi connectivity index (χ3n) is 4.03. The van der Waals surface area contributed by atoms with Crippen LogP contribution in [0.15, 0.2) is 42.5 Å². The van der Waals surface area contributed by atoms with Crippen LogP contribution in [0.4, 0.5) is 5.69 Å². The summed E-state index contributed by atoms with van der Waals surface area (Å²) in [5.74, 6) is -0.483. The standard InChI is InChI=1S/C18H15Cl3N2O2/c19-12-3-5-14(6-4-12)23-17(24)10-16(18(23)25)22-8-7-11-1-2-13(20)9-15(11)21/h1-6,9,16,22H,7-8,10H2. The zero-order valence-electron chi connectivity index (χ0n) is 13.1. The van der Waals surface area contributed by atoms with E-state index in [0.29, 0.717) is 33.7 Å². The second-order valence-electron chi connectivity index (χ2n) is 5.74. The lowest BCUT2D eigenvalue weighted by molar-refractivity contribution is -0.121. The lowest BCUT2D eigenvalue weighted by atomic mass is 10.1. The summed E-state index contributed by atoms with van der Waals surface area (Å²) in [5, 5.41) is 4.86. The number of halogens is 3. The van der Waals surface area contributed by atoms with Gasteiger partial charge in [-0.2, -0.15) is 0 Å². The zero-order chi connectivity index (χ0) is 18.0. The van der Waals surface area contributed by atoms with Crippen LogP contribution in [0, 0.1) is 0 Å². The highest BCUT2D eigenvalue weighted by Crippen LogP contribution is 2.25. The van der Waals surface area contributed by atoms with Gasteiger partial charge in [-0.15, -0.1) is 0 Å². The van der Waals surface area contributed by atoms with Crippen LogP contribution in [0.2, 0.25) is 15.1 Å². The first-order chi connectivity index (χ1) is 12.0. The Balaban J connectivity index is 1.61. The molecule has 0 aliphatic carbocycles. The van der Waals surface area contributed by atoms with E-state index in [1.165, 1.54) is 4.90 Å². The first-order valence-corrected chi connectivity index (χ1v) is 8.89. The molecule has 1 unspecified atom stereocenters. The van der Waals surface area contributed by atoms with Gasteiger partial charge in [0.1, 0.15) is 0 Å². The van der Waals surface area contributed by atoms with Crippen LogP contribution in [0.5, 0.6) is 0 Å². The number of nitrogens with zero attached hydrogens (tertiary/aromatic N) is 1. The highest BCUT2D eigenvalue weighted by atomic mass is 35.5. The van der Waals surface area contributed by atoms with Crippen LogP contribution in [-0.2, 0) is 16.0 Å². The molecule has 2 aromatic rings. The average Bonchev–Trinajstić information content (AvgIpc) is 2.85. The van der Waals surface area contributed by atoms with E-state index in [9.17, 15) is 9.59 Å². The van der Waals surface area contributed by atoms with E-state index in [1.807, 2.05) is 6.07 Å². The molecular weight excluding hydrogens is 383 g/mol. The molecule has 1 heterocycles. The van der Waals surface area contributed by atoms with Crippen LogP contribution in [-0.4, -0.2) is 24.4 Å². The SMILES string of the molecule is O=C1CC(NCCc2ccc(Cl)cc2Cl)C(=O)N1c1ccc(Cl)cc1. The quantitative estimate of drug-likeness (QED) is 0.772. The Labute approximate surface area is 160 Å². The second kappa shape index (κ2) is 7.75. The van der Waals surface area contributed by atoms with E-state index in [1.54, 1.807) is 36.4 Å². The molecule has 0 bridgehead atoms. The molecule has 7 heteroatoms. The summed E-state index contributed by atoms with van der Waals surface area (Å²) in [7, 11) is 0. The number of rotatable bonds is 5. The molecule has 1 fully saturated rings. The Morgan fingerprint density at radius 3 is 2.36 bits per heavy atom. The smallest absolute Gasteiger partial charge is 0.251 e. The first kappa shape index (κ1) is 18.2. The number of imide groups is 1. The van der Waals surface area contributed by atoms with E-state index < -0.39 is 6.04 Å². The minimum absolute atomic E-state index is 0.135. The zero-order valence-corrected chi connectivity index (χ0v) is 15.4. The Morgan fingerprint density at radius 1 is 1.00 bits per heavy atom. The number of anilines is 1. The van der Waals surface area contributed by atoms with Gasteiger partial charge in [-0.3, -0.25) is 9.59 Å². The van der Waals surface area contributed by atoms with Crippen LogP contribution in [0.1, 0.15) is 12.0 Å². The minimum atomic E-state index is -0.533. The molecule has 130 valence electrons. The van der Waals surface area contributed by atoms with Crippen molar-refractivity contribution in [1.82, 2.24) is 5.32 Å². The van der Waals surface area contributed by atoms with Crippen molar-refractivity contribution in [2.24, 2.45) is 0 Å². The Hall–Kier alpha value is -1.59. The van der Waals surface area contributed by atoms with Gasteiger partial charge in [-0.25, -0.2) is 4.90 Å². The first-order valence-electron chi connectivity index (χ1n) is 7.75. The Bertz CT molecular complexity index is 808. The van der Waals surface area contributed by atoms with Gasteiger partial charge in [-0.05, 0) is 54.9 Å². The Morgan fingerprint density at radius 2 is 1.68 bits per heavy atom. The maximum absolute atomic E-state index is 12.5. The summed E-state index contributed by atoms with van der Waals surface area (Å²) in [6.07, 6.45) is 0.769. The number of carbonyl (C=O) groups is 2. The fraction of sp³-hybridized carbons (Fsp3) is 0.222. The average molecular weight is 398 g/mol. The molecule has 0 radical (unpaired) electrons. The van der Waals surface area contributed by atoms with Gasteiger partial charge in [-0.1, -0.05) is 40.9 Å². The molecule has 1 N–H and O–H groups in total. The monoisotopic (exact) mass is 396 g/mol. The number of hydrogen-bond donors (Lipinski definition) is 1. The van der Waals surface area contributed by atoms with Gasteiger partial charge < -0.3 is 5.32 Å². The van der Waals surface area contributed by atoms with Crippen molar-refractivity contribution < 1.29 is 9.59 Å². The predicted molar refractivity (Wildman–Crippen MR) is 101 cm³/mol. The molecule has 25 heavy (non-hydrogen) atoms. The maximum atomic E-state index is 12.5. The third-order valence-corrected chi connectivity index (χ3v) is 4.87. The molecule has 1 atom stereocenters. The minimum Gasteiger partial charge on any atom is -0.305 e. The normalized spacial score (nSPS) is 17.4. The molecule has 1 saturated heterocycles. The number of hydrogen-bond acceptors (Lipinski definition) is 3. The summed E-state index contributed by atoms with van der Waals surface area (Å²) >= 11 is 17.9. The van der Waals surface area contributed by atoms with Crippen LogP contribution < -0.4 is 10.2 Å². The Kier molecular flexibility index (Phi) is 5.64. The molecule has 1 aliphatic heterocycles. The molecule has 4 nitrogen and oxygen atoms in total. The van der Waals surface area contributed by atoms with Crippen LogP contribution in [0.25, 0.3) is 0 Å². The summed E-state index contributed by atoms with van der Waals surface area (Å²) in [6.45, 7) is 0.527. The summed E-state index contributed by atoms with van der Waals surface area (Å²) in [5.41, 5.74) is 1.47. The largest absolute Gasteiger partial charge is 0.305 e. The molecular formula is C18H15Cl3N2O2. The molecule has 0 saturated carbocycles. The molecule has 0 spiro atoms. The van der Waals surface area contributed by atoms with Gasteiger partial charge in [0.15, 0.2) is 0 Å². The summed E-state index contributed by atoms with van der Waals surface area (Å²) in [4.78, 5) is 25.9. The van der Waals surface area contributed by atoms with Crippen molar-refractivity contribution >= 4 is 52.3 Å². The third kappa shape index (κ3) is 4.15. The van der Waals surface area contributed by atoms with Crippen LogP contribution >= 0.6 is 34.8 Å². The maximum Gasteiger partial charge on any atom is 0.251 e. The molecule has 2 aromatic carbocycles. The number of amides is 2. The molecule has 3 rings (SSSR count). The van der Waals surface area contributed by atoms with Crippen molar-refractivity contribution in [3.63, 3.8) is 0 Å². The second-order valence-corrected chi connectivity index (χ2v) is 7.02. The van der Waals surface area contributed by atoms with Crippen molar-refractivity contribution in [1.29, 1.82) is 0 Å². The topological polar surface area (TPSA) is 49.4 Å². The van der Waals surface area contributed by atoms with E-state index in [4.69, 9.17) is 34.8 Å². The van der Waals surface area contributed by atoms with Gasteiger partial charge in [0, 0.05) is 15.1 Å². The van der Waals surface area contributed by atoms with Crippen LogP contribution in [0.3, 0.4) is 0 Å². The summed E-state index contributed by atoms with van der Waals surface area (Å²) < 4.78 is 0. The number of carbonyl (C=O) groups excluding carboxylic acids is 2. The van der Waals surface area contributed by atoms with E-state index >= 15 is 0 Å². The number of benzene rings is 2. The van der Waals surface area contributed by atoms with Crippen molar-refractivity contribution in [3.05, 3.63) is 63.1 Å². The molecule has 1 aliphatic rings. The van der Waals surface area contributed by atoms with Crippen molar-refractivity contribution in [2.45, 2.75) is 18.9 Å². The van der Waals surface area contributed by atoms with Gasteiger partial charge in [0.2, 0.25) is 5.91 Å². The van der Waals surface area contributed by atoms with E-state index in [0.717, 1.165) is 5.56 Å². The van der Waals surface area contributed by atoms with Crippen molar-refractivity contribution in [3.8, 4) is 0 Å². The van der Waals surface area contributed by atoms with E-state index in [-0.39, 0.29) is 18.2 Å². The highest BCUT2D eigenvalue weighted by Gasteiger charge is 2.39. The number of nitrogens with one attached hydrogen (secondary N) is 1. The predicted octanol–water partition coefficient (Wildman–Crippen LogP) is 4.11.